The van der Waals surface area contributed by atoms with Gasteiger partial charge in [-0.2, -0.15) is 4.98 Å². The SMILES string of the molecule is CN=C(NCCc1nc(-c2cccc(Cl)c2)no1)N1CCC(OCCCOC)CC1. The van der Waals surface area contributed by atoms with Gasteiger partial charge in [0.2, 0.25) is 11.7 Å². The highest BCUT2D eigenvalue weighted by atomic mass is 35.5. The highest BCUT2D eigenvalue weighted by Crippen LogP contribution is 2.20. The third kappa shape index (κ3) is 6.68. The van der Waals surface area contributed by atoms with Crippen molar-refractivity contribution in [3.05, 3.63) is 35.2 Å². The van der Waals surface area contributed by atoms with Crippen molar-refractivity contribution in [2.45, 2.75) is 31.8 Å². The molecule has 0 spiro atoms. The number of benzene rings is 1. The van der Waals surface area contributed by atoms with Crippen LogP contribution in [0, 0.1) is 0 Å². The first kappa shape index (κ1) is 22.5. The average Bonchev–Trinajstić information content (AvgIpc) is 3.24. The maximum Gasteiger partial charge on any atom is 0.228 e. The maximum atomic E-state index is 6.03. The fourth-order valence-electron chi connectivity index (χ4n) is 3.40. The summed E-state index contributed by atoms with van der Waals surface area (Å²) >= 11 is 6.03. The van der Waals surface area contributed by atoms with Gasteiger partial charge in [0.15, 0.2) is 5.96 Å². The van der Waals surface area contributed by atoms with Gasteiger partial charge in [0.05, 0.1) is 6.10 Å². The monoisotopic (exact) mass is 435 g/mol. The van der Waals surface area contributed by atoms with Crippen molar-refractivity contribution in [2.24, 2.45) is 4.99 Å². The average molecular weight is 436 g/mol. The fourth-order valence-corrected chi connectivity index (χ4v) is 3.59. The second kappa shape index (κ2) is 11.9. The van der Waals surface area contributed by atoms with Crippen molar-refractivity contribution < 1.29 is 14.0 Å². The fraction of sp³-hybridized carbons (Fsp3) is 0.571. The Hall–Kier alpha value is -2.16. The summed E-state index contributed by atoms with van der Waals surface area (Å²) in [5.74, 6) is 2.02. The van der Waals surface area contributed by atoms with Crippen LogP contribution < -0.4 is 5.32 Å². The molecule has 9 heteroatoms. The van der Waals surface area contributed by atoms with Gasteiger partial charge in [-0.1, -0.05) is 28.9 Å². The third-order valence-corrected chi connectivity index (χ3v) is 5.21. The summed E-state index contributed by atoms with van der Waals surface area (Å²) in [6.45, 7) is 4.02. The number of likely N-dealkylation sites (tertiary alicyclic amines) is 1. The van der Waals surface area contributed by atoms with Crippen molar-refractivity contribution in [3.63, 3.8) is 0 Å². The molecule has 2 heterocycles. The lowest BCUT2D eigenvalue weighted by Gasteiger charge is -2.34. The molecule has 1 aliphatic heterocycles. The Kier molecular flexibility index (Phi) is 8.92. The lowest BCUT2D eigenvalue weighted by atomic mass is 10.1. The zero-order valence-electron chi connectivity index (χ0n) is 17.6. The van der Waals surface area contributed by atoms with Crippen molar-refractivity contribution in [2.75, 3.05) is 47.0 Å². The summed E-state index contributed by atoms with van der Waals surface area (Å²) < 4.78 is 16.4. The van der Waals surface area contributed by atoms with E-state index in [0.29, 0.717) is 35.8 Å². The van der Waals surface area contributed by atoms with Crippen LogP contribution >= 0.6 is 11.6 Å². The van der Waals surface area contributed by atoms with Gasteiger partial charge in [-0.3, -0.25) is 4.99 Å². The lowest BCUT2D eigenvalue weighted by molar-refractivity contribution is 0.00991. The highest BCUT2D eigenvalue weighted by molar-refractivity contribution is 6.30. The Balaban J connectivity index is 1.40. The number of methoxy groups -OCH3 is 1. The van der Waals surface area contributed by atoms with Gasteiger partial charge in [0.25, 0.3) is 0 Å². The molecule has 1 aromatic heterocycles. The molecule has 0 bridgehead atoms. The number of hydrogen-bond acceptors (Lipinski definition) is 6. The van der Waals surface area contributed by atoms with E-state index in [9.17, 15) is 0 Å². The van der Waals surface area contributed by atoms with Gasteiger partial charge in [0, 0.05) is 64.0 Å². The standard InChI is InChI=1S/C21H30ClN5O3/c1-23-21(27-11-8-18(9-12-27)29-14-4-13-28-2)24-10-7-19-25-20(26-30-19)16-5-3-6-17(22)15-16/h3,5-6,15,18H,4,7-14H2,1-2H3,(H,23,24). The molecule has 0 aliphatic carbocycles. The van der Waals surface area contributed by atoms with E-state index >= 15 is 0 Å². The summed E-state index contributed by atoms with van der Waals surface area (Å²) in [5.41, 5.74) is 0.841. The van der Waals surface area contributed by atoms with Crippen LogP contribution in [-0.4, -0.2) is 74.1 Å². The van der Waals surface area contributed by atoms with Crippen molar-refractivity contribution in [1.82, 2.24) is 20.4 Å². The predicted molar refractivity (Wildman–Crippen MR) is 117 cm³/mol. The number of nitrogens with one attached hydrogen (secondary N) is 1. The van der Waals surface area contributed by atoms with E-state index in [1.54, 1.807) is 14.2 Å². The number of ether oxygens (including phenoxy) is 2. The van der Waals surface area contributed by atoms with E-state index < -0.39 is 0 Å². The van der Waals surface area contributed by atoms with Crippen LogP contribution in [0.2, 0.25) is 5.02 Å². The van der Waals surface area contributed by atoms with Crippen molar-refractivity contribution in [1.29, 1.82) is 0 Å². The molecular formula is C21H30ClN5O3. The second-order valence-electron chi connectivity index (χ2n) is 7.15. The Morgan fingerprint density at radius 2 is 2.17 bits per heavy atom. The van der Waals surface area contributed by atoms with Gasteiger partial charge >= 0.3 is 0 Å². The molecule has 164 valence electrons. The van der Waals surface area contributed by atoms with Crippen LogP contribution in [0.15, 0.2) is 33.8 Å². The molecule has 0 radical (unpaired) electrons. The van der Waals surface area contributed by atoms with Crippen molar-refractivity contribution >= 4 is 17.6 Å². The quantitative estimate of drug-likeness (QED) is 0.368. The van der Waals surface area contributed by atoms with Crippen molar-refractivity contribution in [3.8, 4) is 11.4 Å². The highest BCUT2D eigenvalue weighted by Gasteiger charge is 2.21. The molecule has 3 rings (SSSR count). The molecule has 1 fully saturated rings. The van der Waals surface area contributed by atoms with E-state index in [1.165, 1.54) is 0 Å². The third-order valence-electron chi connectivity index (χ3n) is 4.97. The molecular weight excluding hydrogens is 406 g/mol. The Morgan fingerprint density at radius 3 is 2.90 bits per heavy atom. The minimum Gasteiger partial charge on any atom is -0.385 e. The van der Waals surface area contributed by atoms with E-state index in [-0.39, 0.29) is 0 Å². The van der Waals surface area contributed by atoms with Crippen LogP contribution in [0.5, 0.6) is 0 Å². The van der Waals surface area contributed by atoms with Gasteiger partial charge < -0.3 is 24.2 Å². The maximum absolute atomic E-state index is 6.03. The molecule has 1 saturated heterocycles. The minimum atomic E-state index is 0.319. The van der Waals surface area contributed by atoms with Gasteiger partial charge in [-0.25, -0.2) is 0 Å². The van der Waals surface area contributed by atoms with Crippen LogP contribution in [0.1, 0.15) is 25.2 Å². The lowest BCUT2D eigenvalue weighted by Crippen LogP contribution is -2.47. The number of nitrogens with zero attached hydrogens (tertiary/aromatic N) is 4. The van der Waals surface area contributed by atoms with Gasteiger partial charge in [-0.05, 0) is 31.4 Å². The molecule has 1 aromatic carbocycles. The number of aliphatic imine (C=N–C) groups is 1. The molecule has 0 unspecified atom stereocenters. The van der Waals surface area contributed by atoms with E-state index in [2.05, 4.69) is 25.3 Å². The normalized spacial score (nSPS) is 15.6. The second-order valence-corrected chi connectivity index (χ2v) is 7.59. The minimum absolute atomic E-state index is 0.319. The summed E-state index contributed by atoms with van der Waals surface area (Å²) in [5, 5.41) is 8.08. The van der Waals surface area contributed by atoms with Crippen LogP contribution in [0.3, 0.4) is 0 Å². The Morgan fingerprint density at radius 1 is 1.33 bits per heavy atom. The number of guanidine groups is 1. The molecule has 1 N–H and O–H groups in total. The smallest absolute Gasteiger partial charge is 0.228 e. The van der Waals surface area contributed by atoms with E-state index in [0.717, 1.165) is 57.1 Å². The zero-order valence-corrected chi connectivity index (χ0v) is 18.4. The first-order chi connectivity index (χ1) is 14.7. The van der Waals surface area contributed by atoms with Crippen LogP contribution in [0.4, 0.5) is 0 Å². The first-order valence-corrected chi connectivity index (χ1v) is 10.7. The molecule has 0 atom stereocenters. The Labute approximate surface area is 182 Å². The largest absolute Gasteiger partial charge is 0.385 e. The predicted octanol–water partition coefficient (Wildman–Crippen LogP) is 3.03. The molecule has 8 nitrogen and oxygen atoms in total. The summed E-state index contributed by atoms with van der Waals surface area (Å²) in [6, 6.07) is 7.41. The molecule has 30 heavy (non-hydrogen) atoms. The topological polar surface area (TPSA) is 85.0 Å². The van der Waals surface area contributed by atoms with E-state index in [4.69, 9.17) is 25.6 Å². The first-order valence-electron chi connectivity index (χ1n) is 10.3. The summed E-state index contributed by atoms with van der Waals surface area (Å²) in [4.78, 5) is 11.1. The summed E-state index contributed by atoms with van der Waals surface area (Å²) in [6.07, 6.45) is 3.88. The number of rotatable bonds is 9. The molecule has 2 aromatic rings. The Bertz CT molecular complexity index is 805. The number of hydrogen-bond donors (Lipinski definition) is 1. The van der Waals surface area contributed by atoms with Crippen LogP contribution in [0.25, 0.3) is 11.4 Å². The number of aromatic nitrogens is 2. The molecule has 0 saturated carbocycles. The van der Waals surface area contributed by atoms with Crippen LogP contribution in [-0.2, 0) is 15.9 Å². The number of piperidine rings is 1. The van der Waals surface area contributed by atoms with Gasteiger partial charge in [0.1, 0.15) is 0 Å². The van der Waals surface area contributed by atoms with Gasteiger partial charge in [-0.15, -0.1) is 0 Å². The summed E-state index contributed by atoms with van der Waals surface area (Å²) in [7, 11) is 3.52. The zero-order chi connectivity index (χ0) is 21.2. The molecule has 1 aliphatic rings. The van der Waals surface area contributed by atoms with E-state index in [1.807, 2.05) is 24.3 Å². The number of halogens is 1. The molecule has 0 amide bonds.